The molecule has 3 aliphatic rings. The molecule has 17 nitrogen and oxygen atoms in total. The third-order valence-corrected chi connectivity index (χ3v) is 11.9. The Kier molecular flexibility index (Phi) is 12.8. The predicted octanol–water partition coefficient (Wildman–Crippen LogP) is 1.12. The number of aromatic nitrogens is 2. The van der Waals surface area contributed by atoms with Crippen molar-refractivity contribution < 1.29 is 47.7 Å². The highest BCUT2D eigenvalue weighted by Crippen LogP contribution is 2.46. The number of aliphatic hydroxyl groups is 1. The van der Waals surface area contributed by atoms with Crippen LogP contribution in [0.15, 0.2) is 47.3 Å². The molecular weight excluding hydrogens is 908 g/mol. The van der Waals surface area contributed by atoms with Gasteiger partial charge < -0.3 is 45.7 Å². The number of benzene rings is 2. The minimum Gasteiger partial charge on any atom is -0.458 e. The van der Waals surface area contributed by atoms with Crippen LogP contribution in [0.5, 0.6) is 0 Å². The van der Waals surface area contributed by atoms with Crippen molar-refractivity contribution in [2.45, 2.75) is 70.4 Å². The van der Waals surface area contributed by atoms with Gasteiger partial charge in [0.25, 0.3) is 5.56 Å². The van der Waals surface area contributed by atoms with Gasteiger partial charge in [-0.1, -0.05) is 59.8 Å². The number of amides is 5. The van der Waals surface area contributed by atoms with Gasteiger partial charge in [-0.3, -0.25) is 28.8 Å². The van der Waals surface area contributed by atoms with Crippen molar-refractivity contribution in [2.75, 3.05) is 30.9 Å². The molecule has 19 heteroatoms. The van der Waals surface area contributed by atoms with E-state index in [0.29, 0.717) is 51.8 Å². The molecule has 3 atom stereocenters. The first-order valence-electron chi connectivity index (χ1n) is 19.6. The number of rotatable bonds is 15. The lowest BCUT2D eigenvalue weighted by Gasteiger charge is -2.31. The van der Waals surface area contributed by atoms with E-state index in [1.165, 1.54) is 10.6 Å². The predicted molar refractivity (Wildman–Crippen MR) is 224 cm³/mol. The third kappa shape index (κ3) is 8.71. The zero-order chi connectivity index (χ0) is 43.6. The van der Waals surface area contributed by atoms with Crippen LogP contribution in [0.25, 0.3) is 22.3 Å². The van der Waals surface area contributed by atoms with Crippen LogP contribution in [0, 0.1) is 12.7 Å². The van der Waals surface area contributed by atoms with E-state index in [0.717, 1.165) is 11.1 Å². The summed E-state index contributed by atoms with van der Waals surface area (Å²) in [5.74, 6) is -4.00. The summed E-state index contributed by atoms with van der Waals surface area (Å²) in [6.45, 7) is 1.46. The lowest BCUT2D eigenvalue weighted by molar-refractivity contribution is -0.172. The van der Waals surface area contributed by atoms with Gasteiger partial charge in [0.1, 0.15) is 31.8 Å². The number of ether oxygens (including phenoxy) is 2. The van der Waals surface area contributed by atoms with E-state index >= 15 is 4.39 Å². The fraction of sp³-hybridized carbons (Fsp3) is 0.381. The van der Waals surface area contributed by atoms with E-state index < -0.39 is 71.8 Å². The van der Waals surface area contributed by atoms with Gasteiger partial charge in [0.15, 0.2) is 5.60 Å². The first-order chi connectivity index (χ1) is 29.2. The van der Waals surface area contributed by atoms with Crippen LogP contribution in [-0.4, -0.2) is 87.1 Å². The van der Waals surface area contributed by atoms with Gasteiger partial charge in [0.2, 0.25) is 29.5 Å². The summed E-state index contributed by atoms with van der Waals surface area (Å²) >= 11 is 1.86. The van der Waals surface area contributed by atoms with E-state index in [-0.39, 0.29) is 60.7 Å². The SMILES string of the molecule is CC[C@@]1(O)C(=O)OCc2c1cc1n(c2=O)Cc2c-1nc1cc(F)c(C)c3c1c2[C@@H](NC(=O)COCNC(=O)CNC(=O)C(Cc1ccccc1)NC(=O)CNC(=O)CI)CC3. The molecule has 2 aliphatic heterocycles. The van der Waals surface area contributed by atoms with E-state index in [2.05, 4.69) is 26.6 Å². The lowest BCUT2D eigenvalue weighted by atomic mass is 9.81. The number of halogens is 2. The number of nitrogens with zero attached hydrogens (tertiary/aromatic N) is 2. The molecule has 320 valence electrons. The number of pyridine rings is 2. The molecule has 1 aliphatic carbocycles. The van der Waals surface area contributed by atoms with Gasteiger partial charge in [-0.15, -0.1) is 0 Å². The number of hydrogen-bond acceptors (Lipinski definition) is 11. The highest BCUT2D eigenvalue weighted by Gasteiger charge is 2.46. The number of hydrogen-bond donors (Lipinski definition) is 6. The van der Waals surface area contributed by atoms with Crippen molar-refractivity contribution in [1.29, 1.82) is 0 Å². The van der Waals surface area contributed by atoms with Crippen molar-refractivity contribution in [3.8, 4) is 11.4 Å². The molecular formula is C42H43FIN7O10. The van der Waals surface area contributed by atoms with Gasteiger partial charge in [-0.2, -0.15) is 0 Å². The first kappa shape index (κ1) is 43.3. The highest BCUT2D eigenvalue weighted by molar-refractivity contribution is 14.1. The van der Waals surface area contributed by atoms with Crippen LogP contribution in [-0.2, 0) is 69.8 Å². The standard InChI is InChI=1S/C42H43FIN7O10/c1-3-42(59)26-12-31-38-24(17-51(31)40(57)25(26)18-61-41(42)58)37-28(10-9-23-21(2)27(43)13-29(50-38)36(23)37)48-35(55)19-60-20-47-33(53)15-46-39(56)30(11-22-7-5-4-6-8-22)49-34(54)16-45-32(52)14-44/h4-8,12-13,28,30,59H,3,9-11,14-20H2,1-2H3,(H,45,52)(H,46,56)(H,47,53)(H,48,55)(H,49,54)/t28-,30?,42-/m0/s1. The molecule has 5 amide bonds. The summed E-state index contributed by atoms with van der Waals surface area (Å²) in [5, 5.41) is 25.0. The van der Waals surface area contributed by atoms with Crippen molar-refractivity contribution in [3.63, 3.8) is 0 Å². The third-order valence-electron chi connectivity index (χ3n) is 11.2. The molecule has 2 aromatic heterocycles. The summed E-state index contributed by atoms with van der Waals surface area (Å²) in [4.78, 5) is 94.6. The molecule has 0 radical (unpaired) electrons. The Labute approximate surface area is 361 Å². The molecule has 2 aromatic carbocycles. The number of aryl methyl sites for hydroxylation is 1. The molecule has 0 fully saturated rings. The lowest BCUT2D eigenvalue weighted by Crippen LogP contribution is -2.52. The smallest absolute Gasteiger partial charge is 0.343 e. The number of esters is 1. The van der Waals surface area contributed by atoms with E-state index in [1.54, 1.807) is 50.2 Å². The Bertz CT molecular complexity index is 2530. The van der Waals surface area contributed by atoms with Gasteiger partial charge in [0, 0.05) is 29.0 Å². The second-order valence-corrected chi connectivity index (χ2v) is 15.8. The fourth-order valence-corrected chi connectivity index (χ4v) is 8.36. The zero-order valence-electron chi connectivity index (χ0n) is 33.2. The number of cyclic esters (lactones) is 1. The highest BCUT2D eigenvalue weighted by atomic mass is 127. The van der Waals surface area contributed by atoms with Crippen LogP contribution >= 0.6 is 22.6 Å². The summed E-state index contributed by atoms with van der Waals surface area (Å²) in [5.41, 5.74) is 2.13. The Morgan fingerprint density at radius 2 is 1.77 bits per heavy atom. The molecule has 6 N–H and O–H groups in total. The molecule has 0 spiro atoms. The normalized spacial score (nSPS) is 17.6. The number of carbonyl (C=O) groups is 6. The quantitative estimate of drug-likeness (QED) is 0.0286. The maximum atomic E-state index is 15.3. The number of alkyl halides is 1. The monoisotopic (exact) mass is 951 g/mol. The number of carbonyl (C=O) groups excluding carboxylic acids is 6. The molecule has 0 saturated heterocycles. The van der Waals surface area contributed by atoms with Crippen LogP contribution in [0.3, 0.4) is 0 Å². The fourth-order valence-electron chi connectivity index (χ4n) is 8.09. The summed E-state index contributed by atoms with van der Waals surface area (Å²) < 4.78 is 27.6. The van der Waals surface area contributed by atoms with Crippen LogP contribution in [0.2, 0.25) is 0 Å². The van der Waals surface area contributed by atoms with Gasteiger partial charge in [-0.05, 0) is 54.5 Å². The molecule has 4 heterocycles. The molecule has 7 rings (SSSR count). The maximum absolute atomic E-state index is 15.3. The Hall–Kier alpha value is -5.80. The molecule has 0 saturated carbocycles. The minimum atomic E-state index is -2.03. The van der Waals surface area contributed by atoms with Crippen LogP contribution in [0.4, 0.5) is 4.39 Å². The van der Waals surface area contributed by atoms with Crippen molar-refractivity contribution >= 4 is 69.0 Å². The molecule has 1 unspecified atom stereocenters. The molecule has 61 heavy (non-hydrogen) atoms. The molecule has 0 bridgehead atoms. The van der Waals surface area contributed by atoms with E-state index in [4.69, 9.17) is 14.5 Å². The average Bonchev–Trinajstić information content (AvgIpc) is 3.63. The second-order valence-electron chi connectivity index (χ2n) is 15.0. The largest absolute Gasteiger partial charge is 0.458 e. The molecule has 4 aromatic rings. The van der Waals surface area contributed by atoms with Crippen LogP contribution in [0.1, 0.15) is 64.8 Å². The summed E-state index contributed by atoms with van der Waals surface area (Å²) in [7, 11) is 0. The second kappa shape index (κ2) is 18.0. The summed E-state index contributed by atoms with van der Waals surface area (Å²) in [6, 6.07) is 10.2. The van der Waals surface area contributed by atoms with Gasteiger partial charge in [0.05, 0.1) is 52.6 Å². The zero-order valence-corrected chi connectivity index (χ0v) is 35.4. The van der Waals surface area contributed by atoms with E-state index in [9.17, 15) is 38.7 Å². The number of fused-ring (bicyclic) bond motifs is 5. The Balaban J connectivity index is 1.00. The van der Waals surface area contributed by atoms with Crippen molar-refractivity contribution in [2.24, 2.45) is 0 Å². The maximum Gasteiger partial charge on any atom is 0.343 e. The number of nitrogens with one attached hydrogen (secondary N) is 5. The van der Waals surface area contributed by atoms with Gasteiger partial charge >= 0.3 is 5.97 Å². The van der Waals surface area contributed by atoms with Crippen molar-refractivity contribution in [1.82, 2.24) is 36.1 Å². The topological polar surface area (TPSA) is 236 Å². The minimum absolute atomic E-state index is 0.0331. The van der Waals surface area contributed by atoms with E-state index in [1.807, 2.05) is 22.6 Å². The van der Waals surface area contributed by atoms with Gasteiger partial charge in [-0.25, -0.2) is 14.2 Å². The van der Waals surface area contributed by atoms with Crippen molar-refractivity contribution in [3.05, 3.63) is 97.6 Å². The summed E-state index contributed by atoms with van der Waals surface area (Å²) in [6.07, 6.45) is 0.915. The van der Waals surface area contributed by atoms with Crippen LogP contribution < -0.4 is 32.1 Å². The Morgan fingerprint density at radius 3 is 2.51 bits per heavy atom. The Morgan fingerprint density at radius 1 is 1.02 bits per heavy atom. The average molecular weight is 952 g/mol. The first-order valence-corrected chi connectivity index (χ1v) is 21.2.